The maximum absolute atomic E-state index is 12.6. The molecule has 4 aromatic rings. The van der Waals surface area contributed by atoms with Gasteiger partial charge in [0, 0.05) is 22.9 Å². The molecule has 0 radical (unpaired) electrons. The molecule has 2 heterocycles. The molecule has 6 N–H and O–H groups in total. The first-order valence-electron chi connectivity index (χ1n) is 9.65. The van der Waals surface area contributed by atoms with E-state index in [4.69, 9.17) is 16.2 Å². The van der Waals surface area contributed by atoms with Crippen molar-refractivity contribution in [2.75, 3.05) is 11.5 Å². The minimum absolute atomic E-state index is 0.204. The zero-order valence-corrected chi connectivity index (χ0v) is 17.4. The number of hydrogen-bond donors (Lipinski definition) is 4. The molecular weight excluding hydrogens is 398 g/mol. The molecule has 31 heavy (non-hydrogen) atoms. The third-order valence-corrected chi connectivity index (χ3v) is 4.65. The van der Waals surface area contributed by atoms with Gasteiger partial charge in [0.1, 0.15) is 5.60 Å². The summed E-state index contributed by atoms with van der Waals surface area (Å²) >= 11 is 0. The molecule has 0 fully saturated rings. The summed E-state index contributed by atoms with van der Waals surface area (Å²) in [7, 11) is 0. The highest BCUT2D eigenvalue weighted by atomic mass is 16.6. The molecule has 0 aliphatic heterocycles. The first-order chi connectivity index (χ1) is 14.6. The van der Waals surface area contributed by atoms with Crippen molar-refractivity contribution in [3.63, 3.8) is 0 Å². The van der Waals surface area contributed by atoms with E-state index in [0.717, 1.165) is 15.8 Å². The van der Waals surface area contributed by atoms with Gasteiger partial charge in [-0.3, -0.25) is 9.89 Å². The average Bonchev–Trinajstić information content (AvgIpc) is 3.25. The van der Waals surface area contributed by atoms with Crippen molar-refractivity contribution in [2.24, 2.45) is 0 Å². The number of anilines is 2. The average molecular weight is 421 g/mol. The van der Waals surface area contributed by atoms with Gasteiger partial charge < -0.3 is 21.5 Å². The van der Waals surface area contributed by atoms with Crippen molar-refractivity contribution in [2.45, 2.75) is 32.9 Å². The molecule has 0 aliphatic carbocycles. The van der Waals surface area contributed by atoms with Gasteiger partial charge >= 0.3 is 6.09 Å². The summed E-state index contributed by atoms with van der Waals surface area (Å²) in [6.45, 7) is 5.60. The number of nitrogens with one attached hydrogen (secondary N) is 2. The molecule has 10 nitrogen and oxygen atoms in total. The van der Waals surface area contributed by atoms with Crippen LogP contribution in [-0.4, -0.2) is 37.6 Å². The Balaban J connectivity index is 1.52. The first-order valence-corrected chi connectivity index (χ1v) is 9.65. The fourth-order valence-corrected chi connectivity index (χ4v) is 3.20. The molecule has 0 spiro atoms. The van der Waals surface area contributed by atoms with Gasteiger partial charge in [-0.15, -0.1) is 5.10 Å². The standard InChI is InChI=1S/C21H23N7O3/c1-21(2,3)31-20(30)28-16-7-4-11(8-14(16)18(23)27-28)10-24-19(29)12-5-6-15-13(9-12)17(22)26-25-15/h4-9H,10H2,1-3H3,(H2,23,27)(H,24,29)(H3,22,25,26). The summed E-state index contributed by atoms with van der Waals surface area (Å²) in [6.07, 6.45) is -0.607. The van der Waals surface area contributed by atoms with E-state index < -0.39 is 11.7 Å². The number of rotatable bonds is 3. The lowest BCUT2D eigenvalue weighted by molar-refractivity contribution is 0.0523. The van der Waals surface area contributed by atoms with Crippen molar-refractivity contribution >= 4 is 45.4 Å². The van der Waals surface area contributed by atoms with Crippen LogP contribution in [0, 0.1) is 0 Å². The second kappa shape index (κ2) is 7.31. The highest BCUT2D eigenvalue weighted by Gasteiger charge is 2.21. The molecule has 2 aromatic carbocycles. The Morgan fingerprint density at radius 2 is 1.87 bits per heavy atom. The lowest BCUT2D eigenvalue weighted by atomic mass is 10.1. The fourth-order valence-electron chi connectivity index (χ4n) is 3.20. The van der Waals surface area contributed by atoms with E-state index in [1.807, 2.05) is 0 Å². The number of nitrogens with zero attached hydrogens (tertiary/aromatic N) is 3. The van der Waals surface area contributed by atoms with Gasteiger partial charge in [-0.05, 0) is 56.7 Å². The lowest BCUT2D eigenvalue weighted by Crippen LogP contribution is -2.27. The number of ether oxygens (including phenoxy) is 1. The molecular formula is C21H23N7O3. The Hall–Kier alpha value is -4.08. The van der Waals surface area contributed by atoms with E-state index in [1.165, 1.54) is 0 Å². The van der Waals surface area contributed by atoms with E-state index in [1.54, 1.807) is 57.2 Å². The first kappa shape index (κ1) is 20.2. The third-order valence-electron chi connectivity index (χ3n) is 4.65. The number of H-pyrrole nitrogens is 1. The maximum Gasteiger partial charge on any atom is 0.435 e. The molecule has 0 bridgehead atoms. The third kappa shape index (κ3) is 4.00. The van der Waals surface area contributed by atoms with Gasteiger partial charge in [0.25, 0.3) is 5.91 Å². The minimum atomic E-state index is -0.654. The number of carbonyl (C=O) groups excluding carboxylic acids is 2. The van der Waals surface area contributed by atoms with Crippen molar-refractivity contribution < 1.29 is 14.3 Å². The number of nitrogens with two attached hydrogens (primary N) is 2. The van der Waals surface area contributed by atoms with Gasteiger partial charge in [0.2, 0.25) is 0 Å². The summed E-state index contributed by atoms with van der Waals surface area (Å²) in [4.78, 5) is 25.0. The topological polar surface area (TPSA) is 154 Å². The van der Waals surface area contributed by atoms with E-state index in [-0.39, 0.29) is 18.3 Å². The number of nitrogen functional groups attached to an aromatic ring is 2. The summed E-state index contributed by atoms with van der Waals surface area (Å²) < 4.78 is 6.51. The molecule has 0 atom stereocenters. The summed E-state index contributed by atoms with van der Waals surface area (Å²) in [5, 5.41) is 15.0. The molecule has 10 heteroatoms. The van der Waals surface area contributed by atoms with Crippen molar-refractivity contribution in [1.82, 2.24) is 25.3 Å². The van der Waals surface area contributed by atoms with E-state index in [2.05, 4.69) is 20.6 Å². The van der Waals surface area contributed by atoms with Crippen LogP contribution < -0.4 is 16.8 Å². The van der Waals surface area contributed by atoms with Crippen LogP contribution in [0.4, 0.5) is 16.4 Å². The highest BCUT2D eigenvalue weighted by Crippen LogP contribution is 2.24. The minimum Gasteiger partial charge on any atom is -0.442 e. The van der Waals surface area contributed by atoms with Gasteiger partial charge in [-0.25, -0.2) is 4.79 Å². The molecule has 0 aliphatic rings. The summed E-state index contributed by atoms with van der Waals surface area (Å²) in [5.41, 5.74) is 13.7. The van der Waals surface area contributed by atoms with Gasteiger partial charge in [-0.1, -0.05) is 6.07 Å². The second-order valence-corrected chi connectivity index (χ2v) is 8.18. The number of amides is 1. The predicted octanol–water partition coefficient (Wildman–Crippen LogP) is 2.79. The molecule has 2 aromatic heterocycles. The zero-order chi connectivity index (χ0) is 22.3. The van der Waals surface area contributed by atoms with Crippen molar-refractivity contribution in [3.8, 4) is 0 Å². The number of carbonyl (C=O) groups is 2. The van der Waals surface area contributed by atoms with Crippen LogP contribution in [0.25, 0.3) is 21.8 Å². The molecule has 4 rings (SSSR count). The monoisotopic (exact) mass is 421 g/mol. The van der Waals surface area contributed by atoms with Crippen molar-refractivity contribution in [3.05, 3.63) is 47.5 Å². The number of aromatic nitrogens is 4. The van der Waals surface area contributed by atoms with Crippen LogP contribution in [0.1, 0.15) is 36.7 Å². The highest BCUT2D eigenvalue weighted by molar-refractivity contribution is 6.00. The van der Waals surface area contributed by atoms with Gasteiger partial charge in [-0.2, -0.15) is 9.78 Å². The molecule has 0 saturated carbocycles. The van der Waals surface area contributed by atoms with E-state index in [9.17, 15) is 9.59 Å². The Morgan fingerprint density at radius 3 is 2.61 bits per heavy atom. The van der Waals surface area contributed by atoms with Gasteiger partial charge in [0.15, 0.2) is 11.6 Å². The maximum atomic E-state index is 12.6. The van der Waals surface area contributed by atoms with E-state index >= 15 is 0 Å². The Kier molecular flexibility index (Phi) is 4.77. The van der Waals surface area contributed by atoms with Crippen LogP contribution >= 0.6 is 0 Å². The molecule has 0 unspecified atom stereocenters. The Bertz CT molecular complexity index is 1310. The fraction of sp³-hybridized carbons (Fsp3) is 0.238. The quantitative estimate of drug-likeness (QED) is 0.396. The smallest absolute Gasteiger partial charge is 0.435 e. The largest absolute Gasteiger partial charge is 0.442 e. The Morgan fingerprint density at radius 1 is 1.10 bits per heavy atom. The number of benzene rings is 2. The summed E-state index contributed by atoms with van der Waals surface area (Å²) in [6, 6.07) is 10.4. The molecule has 160 valence electrons. The van der Waals surface area contributed by atoms with Crippen LogP contribution in [0.5, 0.6) is 0 Å². The number of aromatic amines is 1. The number of hydrogen-bond acceptors (Lipinski definition) is 7. The normalized spacial score (nSPS) is 11.7. The van der Waals surface area contributed by atoms with Gasteiger partial charge in [0.05, 0.1) is 11.0 Å². The van der Waals surface area contributed by atoms with Crippen LogP contribution in [0.3, 0.4) is 0 Å². The zero-order valence-electron chi connectivity index (χ0n) is 17.4. The Labute approximate surface area is 177 Å². The molecule has 0 saturated heterocycles. The van der Waals surface area contributed by atoms with E-state index in [0.29, 0.717) is 27.7 Å². The van der Waals surface area contributed by atoms with Crippen molar-refractivity contribution in [1.29, 1.82) is 0 Å². The predicted molar refractivity (Wildman–Crippen MR) is 117 cm³/mol. The van der Waals surface area contributed by atoms with Crippen LogP contribution in [-0.2, 0) is 11.3 Å². The summed E-state index contributed by atoms with van der Waals surface area (Å²) in [5.74, 6) is 0.294. The molecule has 1 amide bonds. The van der Waals surface area contributed by atoms with Crippen LogP contribution in [0.2, 0.25) is 0 Å². The number of fused-ring (bicyclic) bond motifs is 2. The van der Waals surface area contributed by atoms with Crippen LogP contribution in [0.15, 0.2) is 36.4 Å². The second-order valence-electron chi connectivity index (χ2n) is 8.18. The SMILES string of the molecule is CC(C)(C)OC(=O)n1nc(N)c2cc(CNC(=O)c3ccc4[nH]nc(N)c4c3)ccc21. The lowest BCUT2D eigenvalue weighted by Gasteiger charge is -2.19.